The quantitative estimate of drug-likeness (QED) is 0.209. The largest absolute Gasteiger partial charge is 0.506 e. The van der Waals surface area contributed by atoms with E-state index in [-0.39, 0.29) is 40.9 Å². The molecule has 8 nitrogen and oxygen atoms in total. The molecule has 3 aromatic carbocycles. The number of anilines is 2. The zero-order valence-corrected chi connectivity index (χ0v) is 31.2. The SMILES string of the molecule is CCCC(=O)N=C1C(C)=C(N(C)CC)c2ccc(C)cc2C1=C1C(=O)C(c2c(NC(=O)CCC)c(C)c(N(C)CC)c3ccc(C)cc23)=C1O. The normalized spacial score (nSPS) is 16.6. The van der Waals surface area contributed by atoms with Gasteiger partial charge in [-0.1, -0.05) is 61.4 Å². The van der Waals surface area contributed by atoms with Crippen molar-refractivity contribution in [3.63, 3.8) is 0 Å². The Bertz CT molecular complexity index is 2060. The van der Waals surface area contributed by atoms with Gasteiger partial charge in [0.1, 0.15) is 5.76 Å². The molecule has 2 N–H and O–H groups in total. The van der Waals surface area contributed by atoms with E-state index in [9.17, 15) is 19.5 Å². The molecule has 0 unspecified atom stereocenters. The fraction of sp³-hybridized carbons (Fsp3) is 0.381. The van der Waals surface area contributed by atoms with Crippen molar-refractivity contribution < 1.29 is 19.5 Å². The Balaban J connectivity index is 1.91. The van der Waals surface area contributed by atoms with Crippen LogP contribution in [0, 0.1) is 20.8 Å². The highest BCUT2D eigenvalue weighted by Crippen LogP contribution is 2.51. The van der Waals surface area contributed by atoms with Crippen molar-refractivity contribution >= 4 is 62.3 Å². The number of allylic oxidation sites excluding steroid dienone is 4. The number of rotatable bonds is 10. The van der Waals surface area contributed by atoms with Crippen LogP contribution < -0.4 is 10.2 Å². The maximum atomic E-state index is 14.8. The van der Waals surface area contributed by atoms with Crippen LogP contribution in [0.2, 0.25) is 0 Å². The molecule has 0 radical (unpaired) electrons. The van der Waals surface area contributed by atoms with Gasteiger partial charge in [-0.25, -0.2) is 4.99 Å². The molecule has 2 aliphatic carbocycles. The first-order chi connectivity index (χ1) is 23.8. The number of carbonyl (C=O) groups is 3. The summed E-state index contributed by atoms with van der Waals surface area (Å²) in [5.41, 5.74) is 9.25. The zero-order chi connectivity index (χ0) is 36.6. The van der Waals surface area contributed by atoms with Crippen LogP contribution in [0.1, 0.15) is 93.7 Å². The molecule has 2 amide bonds. The standard InChI is InChI=1S/C42H50N4O4/c1-11-15-31(47)43-37-25(7)39(45(9)13-3)27-19-17-23(5)21-29(27)33(37)35-41(49)36(42(35)50)34-30-22-24(6)18-20-28(30)40(46(10)14-4)26(8)38(34)44-32(48)16-12-2/h17-22,49H,11-16H2,1-10H3,(H,43,47). The Morgan fingerprint density at radius 2 is 1.42 bits per heavy atom. The number of nitrogens with zero attached hydrogens (tertiary/aromatic N) is 3. The Morgan fingerprint density at radius 3 is 2.04 bits per heavy atom. The molecule has 2 aliphatic rings. The van der Waals surface area contributed by atoms with Gasteiger partial charge in [-0.15, -0.1) is 0 Å². The van der Waals surface area contributed by atoms with E-state index in [1.807, 2.05) is 92.0 Å². The average molecular weight is 675 g/mol. The van der Waals surface area contributed by atoms with Gasteiger partial charge in [0, 0.05) is 73.5 Å². The highest BCUT2D eigenvalue weighted by molar-refractivity contribution is 6.50. The van der Waals surface area contributed by atoms with E-state index in [1.165, 1.54) is 0 Å². The van der Waals surface area contributed by atoms with E-state index < -0.39 is 0 Å². The summed E-state index contributed by atoms with van der Waals surface area (Å²) < 4.78 is 0. The molecule has 5 rings (SSSR count). The van der Waals surface area contributed by atoms with Gasteiger partial charge in [-0.05, 0) is 76.5 Å². The van der Waals surface area contributed by atoms with Gasteiger partial charge in [0.05, 0.1) is 22.5 Å². The van der Waals surface area contributed by atoms with Gasteiger partial charge < -0.3 is 20.2 Å². The van der Waals surface area contributed by atoms with Crippen molar-refractivity contribution in [1.29, 1.82) is 0 Å². The number of nitrogens with one attached hydrogen (secondary N) is 1. The monoisotopic (exact) mass is 674 g/mol. The second kappa shape index (κ2) is 14.5. The fourth-order valence-electron chi connectivity index (χ4n) is 7.21. The van der Waals surface area contributed by atoms with Crippen LogP contribution in [-0.4, -0.2) is 60.5 Å². The number of aliphatic hydroxyl groups excluding tert-OH is 1. The van der Waals surface area contributed by atoms with Crippen molar-refractivity contribution in [3.05, 3.63) is 86.7 Å². The Kier molecular flexibility index (Phi) is 10.5. The van der Waals surface area contributed by atoms with Crippen LogP contribution in [0.25, 0.3) is 27.6 Å². The summed E-state index contributed by atoms with van der Waals surface area (Å²) in [6.07, 6.45) is 1.89. The van der Waals surface area contributed by atoms with Gasteiger partial charge in [0.2, 0.25) is 17.6 Å². The minimum atomic E-state index is -0.356. The smallest absolute Gasteiger partial charge is 0.246 e. The fourth-order valence-corrected chi connectivity index (χ4v) is 7.21. The highest BCUT2D eigenvalue weighted by Gasteiger charge is 2.43. The van der Waals surface area contributed by atoms with Gasteiger partial charge >= 0.3 is 0 Å². The van der Waals surface area contributed by atoms with E-state index in [4.69, 9.17) is 0 Å². The lowest BCUT2D eigenvalue weighted by molar-refractivity contribution is -0.118. The van der Waals surface area contributed by atoms with Crippen LogP contribution >= 0.6 is 0 Å². The molecule has 262 valence electrons. The topological polar surface area (TPSA) is 102 Å². The molecular weight excluding hydrogens is 624 g/mol. The molecule has 0 spiro atoms. The van der Waals surface area contributed by atoms with E-state index >= 15 is 0 Å². The lowest BCUT2D eigenvalue weighted by Crippen LogP contribution is -2.30. The van der Waals surface area contributed by atoms with Crippen molar-refractivity contribution in [1.82, 2.24) is 4.90 Å². The number of aliphatic imine (C=N–C) groups is 1. The third kappa shape index (κ3) is 6.16. The molecule has 0 bridgehead atoms. The summed E-state index contributed by atoms with van der Waals surface area (Å²) in [5.74, 6) is -0.963. The Hall–Kier alpha value is -4.98. The molecule has 0 saturated heterocycles. The van der Waals surface area contributed by atoms with Crippen LogP contribution in [0.4, 0.5) is 11.4 Å². The second-order valence-electron chi connectivity index (χ2n) is 13.5. The molecule has 50 heavy (non-hydrogen) atoms. The molecule has 0 heterocycles. The van der Waals surface area contributed by atoms with Gasteiger partial charge in [-0.2, -0.15) is 0 Å². The van der Waals surface area contributed by atoms with Crippen molar-refractivity contribution in [3.8, 4) is 0 Å². The van der Waals surface area contributed by atoms with E-state index in [2.05, 4.69) is 34.0 Å². The predicted octanol–water partition coefficient (Wildman–Crippen LogP) is 8.73. The van der Waals surface area contributed by atoms with Gasteiger partial charge in [0.15, 0.2) is 0 Å². The number of benzene rings is 3. The molecule has 0 aliphatic heterocycles. The number of hydrogen-bond acceptors (Lipinski definition) is 6. The van der Waals surface area contributed by atoms with Crippen LogP contribution in [0.3, 0.4) is 0 Å². The third-order valence-corrected chi connectivity index (χ3v) is 9.91. The number of aryl methyl sites for hydroxylation is 2. The molecule has 8 heteroatoms. The number of amides is 2. The van der Waals surface area contributed by atoms with Crippen LogP contribution in [0.5, 0.6) is 0 Å². The summed E-state index contributed by atoms with van der Waals surface area (Å²) in [7, 11) is 4.01. The predicted molar refractivity (Wildman–Crippen MR) is 207 cm³/mol. The van der Waals surface area contributed by atoms with Crippen molar-refractivity contribution in [2.45, 2.75) is 81.1 Å². The van der Waals surface area contributed by atoms with Gasteiger partial charge in [-0.3, -0.25) is 14.4 Å². The number of aliphatic hydroxyl groups is 1. The number of carbonyl (C=O) groups excluding carboxylic acids is 3. The van der Waals surface area contributed by atoms with Crippen LogP contribution in [0.15, 0.2) is 58.3 Å². The maximum absolute atomic E-state index is 14.8. The van der Waals surface area contributed by atoms with Crippen molar-refractivity contribution in [2.24, 2.45) is 4.99 Å². The number of Topliss-reactive ketones (excluding diaryl/α,β-unsaturated/α-hetero) is 1. The van der Waals surface area contributed by atoms with E-state index in [0.29, 0.717) is 41.8 Å². The molecule has 0 aromatic heterocycles. The molecule has 0 saturated carbocycles. The van der Waals surface area contributed by atoms with Gasteiger partial charge in [0.25, 0.3) is 0 Å². The Morgan fingerprint density at radius 1 is 0.780 bits per heavy atom. The van der Waals surface area contributed by atoms with Crippen molar-refractivity contribution in [2.75, 3.05) is 37.4 Å². The lowest BCUT2D eigenvalue weighted by atomic mass is 9.72. The highest BCUT2D eigenvalue weighted by atomic mass is 16.3. The molecule has 0 atom stereocenters. The molecule has 0 fully saturated rings. The maximum Gasteiger partial charge on any atom is 0.246 e. The first-order valence-corrected chi connectivity index (χ1v) is 17.8. The average Bonchev–Trinajstić information content (AvgIpc) is 3.08. The Labute approximate surface area is 296 Å². The minimum absolute atomic E-state index is 0.131. The summed E-state index contributed by atoms with van der Waals surface area (Å²) in [4.78, 5) is 50.1. The summed E-state index contributed by atoms with van der Waals surface area (Å²) >= 11 is 0. The second-order valence-corrected chi connectivity index (χ2v) is 13.5. The number of hydrogen-bond donors (Lipinski definition) is 2. The minimum Gasteiger partial charge on any atom is -0.506 e. The number of ketones is 1. The van der Waals surface area contributed by atoms with Crippen LogP contribution in [-0.2, 0) is 14.4 Å². The molecular formula is C42H50N4O4. The first-order valence-electron chi connectivity index (χ1n) is 17.8. The lowest BCUT2D eigenvalue weighted by Gasteiger charge is -2.35. The van der Waals surface area contributed by atoms with E-state index in [1.54, 1.807) is 0 Å². The zero-order valence-electron chi connectivity index (χ0n) is 31.2. The summed E-state index contributed by atoms with van der Waals surface area (Å²) in [6, 6.07) is 12.2. The summed E-state index contributed by atoms with van der Waals surface area (Å²) in [5, 5.41) is 17.1. The summed E-state index contributed by atoms with van der Waals surface area (Å²) in [6.45, 7) is 17.3. The third-order valence-electron chi connectivity index (χ3n) is 9.91. The molecule has 3 aromatic rings. The van der Waals surface area contributed by atoms with E-state index in [0.717, 1.165) is 68.6 Å². The first kappa shape index (κ1) is 36.3. The number of fused-ring (bicyclic) bond motifs is 2.